The normalized spacial score (nSPS) is 10.7. The van der Waals surface area contributed by atoms with Crippen molar-refractivity contribution in [3.05, 3.63) is 40.5 Å². The first-order valence-corrected chi connectivity index (χ1v) is 6.18. The fourth-order valence-electron chi connectivity index (χ4n) is 1.57. The number of nitrogens with one attached hydrogen (secondary N) is 2. The van der Waals surface area contributed by atoms with Crippen molar-refractivity contribution in [3.8, 4) is 0 Å². The number of fused-ring (bicyclic) bond motifs is 1. The second-order valence-electron chi connectivity index (χ2n) is 3.75. The lowest BCUT2D eigenvalue weighted by molar-refractivity contribution is 0.102. The molecule has 0 radical (unpaired) electrons. The van der Waals surface area contributed by atoms with Gasteiger partial charge >= 0.3 is 0 Å². The summed E-state index contributed by atoms with van der Waals surface area (Å²) in [7, 11) is 0. The first-order chi connectivity index (χ1) is 9.65. The lowest BCUT2D eigenvalue weighted by Gasteiger charge is -2.05. The highest BCUT2D eigenvalue weighted by Crippen LogP contribution is 2.19. The number of amides is 1. The number of aromatic nitrogens is 5. The average molecular weight is 309 g/mol. The van der Waals surface area contributed by atoms with Crippen molar-refractivity contribution in [2.45, 2.75) is 0 Å². The zero-order valence-electron chi connectivity index (χ0n) is 9.76. The molecule has 3 heterocycles. The smallest absolute Gasteiger partial charge is 0.261 e. The van der Waals surface area contributed by atoms with Crippen molar-refractivity contribution >= 4 is 46.2 Å². The van der Waals surface area contributed by atoms with Gasteiger partial charge in [-0.3, -0.25) is 15.1 Å². The highest BCUT2D eigenvalue weighted by Gasteiger charge is 2.14. The summed E-state index contributed by atoms with van der Waals surface area (Å²) in [6.07, 6.45) is 4.28. The minimum Gasteiger partial charge on any atom is -0.341 e. The van der Waals surface area contributed by atoms with E-state index in [0.29, 0.717) is 11.2 Å². The Bertz CT molecular complexity index is 802. The van der Waals surface area contributed by atoms with Crippen LogP contribution in [0, 0.1) is 0 Å². The van der Waals surface area contributed by atoms with Crippen molar-refractivity contribution in [1.29, 1.82) is 0 Å². The Morgan fingerprint density at radius 1 is 1.30 bits per heavy atom. The molecule has 20 heavy (non-hydrogen) atoms. The standard InChI is InChI=1S/C11H6Cl2N6O/c12-6-1-2-14-3-5(6)10(20)19-11-17-8(13)7-9(18-11)16-4-15-7/h1-4H,(H2,15,16,17,18,19,20). The molecule has 0 saturated carbocycles. The Balaban J connectivity index is 1.93. The van der Waals surface area contributed by atoms with Crippen molar-refractivity contribution in [2.24, 2.45) is 0 Å². The molecule has 9 heteroatoms. The van der Waals surface area contributed by atoms with Crippen LogP contribution in [-0.4, -0.2) is 30.8 Å². The number of carbonyl (C=O) groups excluding carboxylic acids is 1. The SMILES string of the molecule is O=C(Nc1nc(Cl)c2[nH]cnc2n1)c1cnccc1Cl. The highest BCUT2D eigenvalue weighted by atomic mass is 35.5. The second-order valence-corrected chi connectivity index (χ2v) is 4.51. The second kappa shape index (κ2) is 5.03. The number of carbonyl (C=O) groups is 1. The molecule has 0 aliphatic carbocycles. The molecule has 100 valence electrons. The Labute approximate surface area is 122 Å². The summed E-state index contributed by atoms with van der Waals surface area (Å²) >= 11 is 11.9. The highest BCUT2D eigenvalue weighted by molar-refractivity contribution is 6.34. The summed E-state index contributed by atoms with van der Waals surface area (Å²) in [5.74, 6) is -0.437. The molecule has 1 amide bonds. The summed E-state index contributed by atoms with van der Waals surface area (Å²) in [5, 5.41) is 2.95. The van der Waals surface area contributed by atoms with E-state index in [9.17, 15) is 4.79 Å². The zero-order chi connectivity index (χ0) is 14.1. The molecule has 0 aliphatic rings. The van der Waals surface area contributed by atoms with Gasteiger partial charge in [-0.15, -0.1) is 0 Å². The molecule has 0 atom stereocenters. The monoisotopic (exact) mass is 308 g/mol. The lowest BCUT2D eigenvalue weighted by atomic mass is 10.3. The largest absolute Gasteiger partial charge is 0.341 e. The van der Waals surface area contributed by atoms with E-state index in [1.54, 1.807) is 0 Å². The lowest BCUT2D eigenvalue weighted by Crippen LogP contribution is -2.15. The average Bonchev–Trinajstić information content (AvgIpc) is 2.88. The minimum atomic E-state index is -0.478. The Morgan fingerprint density at radius 3 is 2.95 bits per heavy atom. The van der Waals surface area contributed by atoms with Crippen LogP contribution in [0.25, 0.3) is 11.2 Å². The number of pyridine rings is 1. The van der Waals surface area contributed by atoms with E-state index in [0.717, 1.165) is 0 Å². The molecule has 3 aromatic heterocycles. The van der Waals surface area contributed by atoms with Gasteiger partial charge in [-0.05, 0) is 6.07 Å². The molecule has 0 spiro atoms. The van der Waals surface area contributed by atoms with E-state index >= 15 is 0 Å². The Morgan fingerprint density at radius 2 is 2.15 bits per heavy atom. The molecule has 0 aromatic carbocycles. The van der Waals surface area contributed by atoms with Gasteiger partial charge in [0.1, 0.15) is 5.52 Å². The third-order valence-corrected chi connectivity index (χ3v) is 3.08. The van der Waals surface area contributed by atoms with Crippen LogP contribution in [0.1, 0.15) is 10.4 Å². The van der Waals surface area contributed by atoms with Crippen LogP contribution in [0.15, 0.2) is 24.8 Å². The van der Waals surface area contributed by atoms with Crippen LogP contribution in [0.5, 0.6) is 0 Å². The minimum absolute atomic E-state index is 0.0412. The van der Waals surface area contributed by atoms with E-state index < -0.39 is 5.91 Å². The maximum absolute atomic E-state index is 12.0. The molecule has 0 unspecified atom stereocenters. The third kappa shape index (κ3) is 2.28. The topological polar surface area (TPSA) is 96.5 Å². The van der Waals surface area contributed by atoms with Crippen LogP contribution >= 0.6 is 23.2 Å². The predicted molar refractivity (Wildman–Crippen MR) is 73.9 cm³/mol. The third-order valence-electron chi connectivity index (χ3n) is 2.48. The van der Waals surface area contributed by atoms with Gasteiger partial charge < -0.3 is 4.98 Å². The number of hydrogen-bond acceptors (Lipinski definition) is 5. The molecular formula is C11H6Cl2N6O. The summed E-state index contributed by atoms with van der Waals surface area (Å²) < 4.78 is 0. The molecule has 2 N–H and O–H groups in total. The van der Waals surface area contributed by atoms with Gasteiger partial charge in [0.2, 0.25) is 5.95 Å². The summed E-state index contributed by atoms with van der Waals surface area (Å²) in [4.78, 5) is 30.6. The van der Waals surface area contributed by atoms with E-state index in [4.69, 9.17) is 23.2 Å². The van der Waals surface area contributed by atoms with Crippen molar-refractivity contribution < 1.29 is 4.79 Å². The zero-order valence-corrected chi connectivity index (χ0v) is 11.3. The quantitative estimate of drug-likeness (QED) is 0.708. The maximum Gasteiger partial charge on any atom is 0.261 e. The number of anilines is 1. The van der Waals surface area contributed by atoms with E-state index in [1.165, 1.54) is 24.8 Å². The molecule has 0 bridgehead atoms. The molecular weight excluding hydrogens is 303 g/mol. The first kappa shape index (κ1) is 12.8. The number of hydrogen-bond donors (Lipinski definition) is 2. The van der Waals surface area contributed by atoms with Crippen molar-refractivity contribution in [2.75, 3.05) is 5.32 Å². The van der Waals surface area contributed by atoms with E-state index in [2.05, 4.69) is 30.2 Å². The summed E-state index contributed by atoms with van der Waals surface area (Å²) in [6.45, 7) is 0. The van der Waals surface area contributed by atoms with Gasteiger partial charge in [-0.1, -0.05) is 23.2 Å². The van der Waals surface area contributed by atoms with Crippen LogP contribution in [0.4, 0.5) is 5.95 Å². The number of halogens is 2. The molecule has 3 rings (SSSR count). The van der Waals surface area contributed by atoms with Gasteiger partial charge in [-0.25, -0.2) is 4.98 Å². The number of aromatic amines is 1. The van der Waals surface area contributed by atoms with Crippen LogP contribution < -0.4 is 5.32 Å². The molecule has 0 aliphatic heterocycles. The fraction of sp³-hybridized carbons (Fsp3) is 0. The number of nitrogens with zero attached hydrogens (tertiary/aromatic N) is 4. The van der Waals surface area contributed by atoms with Crippen molar-refractivity contribution in [3.63, 3.8) is 0 Å². The van der Waals surface area contributed by atoms with Gasteiger partial charge in [0.05, 0.1) is 16.9 Å². The summed E-state index contributed by atoms with van der Waals surface area (Å²) in [5.41, 5.74) is 1.08. The Kier molecular flexibility index (Phi) is 3.21. The number of H-pyrrole nitrogens is 1. The predicted octanol–water partition coefficient (Wildman–Crippen LogP) is 2.31. The van der Waals surface area contributed by atoms with Crippen LogP contribution in [-0.2, 0) is 0 Å². The number of imidazole rings is 1. The molecule has 3 aromatic rings. The molecule has 7 nitrogen and oxygen atoms in total. The van der Waals surface area contributed by atoms with E-state index in [1.807, 2.05) is 0 Å². The molecule has 0 saturated heterocycles. The first-order valence-electron chi connectivity index (χ1n) is 5.42. The molecule has 0 fully saturated rings. The van der Waals surface area contributed by atoms with Crippen LogP contribution in [0.2, 0.25) is 10.2 Å². The van der Waals surface area contributed by atoms with Gasteiger partial charge in [-0.2, -0.15) is 9.97 Å². The number of rotatable bonds is 2. The van der Waals surface area contributed by atoms with Gasteiger partial charge in [0.25, 0.3) is 5.91 Å². The van der Waals surface area contributed by atoms with Gasteiger partial charge in [0, 0.05) is 12.4 Å². The summed E-state index contributed by atoms with van der Waals surface area (Å²) in [6, 6.07) is 1.52. The van der Waals surface area contributed by atoms with Crippen molar-refractivity contribution in [1.82, 2.24) is 24.9 Å². The van der Waals surface area contributed by atoms with Gasteiger partial charge in [0.15, 0.2) is 10.8 Å². The fourth-order valence-corrected chi connectivity index (χ4v) is 1.98. The maximum atomic E-state index is 12.0. The van der Waals surface area contributed by atoms with Crippen LogP contribution in [0.3, 0.4) is 0 Å². The van der Waals surface area contributed by atoms with E-state index in [-0.39, 0.29) is 21.7 Å². The Hall–Kier alpha value is -2.25.